The van der Waals surface area contributed by atoms with Crippen LogP contribution in [0.5, 0.6) is 0 Å². The lowest BCUT2D eigenvalue weighted by Gasteiger charge is -2.32. The number of ether oxygens (including phenoxy) is 1. The number of amides is 2. The third-order valence-corrected chi connectivity index (χ3v) is 7.12. The third kappa shape index (κ3) is 5.79. The zero-order valence-corrected chi connectivity index (χ0v) is 20.5. The van der Waals surface area contributed by atoms with Gasteiger partial charge in [0.05, 0.1) is 6.61 Å². The van der Waals surface area contributed by atoms with Crippen LogP contribution in [0.25, 0.3) is 0 Å². The van der Waals surface area contributed by atoms with E-state index < -0.39 is 0 Å². The summed E-state index contributed by atoms with van der Waals surface area (Å²) in [6.07, 6.45) is 7.18. The molecule has 1 fully saturated rings. The van der Waals surface area contributed by atoms with Crippen molar-refractivity contribution in [1.29, 1.82) is 0 Å². The lowest BCUT2D eigenvalue weighted by Crippen LogP contribution is -2.45. The van der Waals surface area contributed by atoms with E-state index in [2.05, 4.69) is 22.8 Å². The lowest BCUT2D eigenvalue weighted by atomic mass is 9.86. The molecule has 2 aliphatic rings. The van der Waals surface area contributed by atoms with Crippen molar-refractivity contribution in [3.63, 3.8) is 0 Å². The van der Waals surface area contributed by atoms with E-state index in [4.69, 9.17) is 4.74 Å². The number of anilines is 1. The summed E-state index contributed by atoms with van der Waals surface area (Å²) in [7, 11) is 0. The Morgan fingerprint density at radius 1 is 1.03 bits per heavy atom. The maximum atomic E-state index is 12.9. The van der Waals surface area contributed by atoms with Gasteiger partial charge in [-0.25, -0.2) is 4.79 Å². The standard InChI is InChI=1S/C28H37N3O3/c1-3-34-28(33)31-18-15-22(16-19-31)29-17-14-21-12-13-26(25-11-7-6-10-24(21)25)30-27(32)23-9-5-4-8-20(23)2/h4-5,8-9,12-13,22,29H,3,6-7,10-11,14-19H2,1-2H3,(H,30,32). The Kier molecular flexibility index (Phi) is 8.22. The summed E-state index contributed by atoms with van der Waals surface area (Å²) in [6.45, 7) is 6.67. The average molecular weight is 464 g/mol. The monoisotopic (exact) mass is 463 g/mol. The van der Waals surface area contributed by atoms with Crippen molar-refractivity contribution < 1.29 is 14.3 Å². The number of aryl methyl sites for hydroxylation is 1. The van der Waals surface area contributed by atoms with Crippen LogP contribution in [0, 0.1) is 6.92 Å². The number of hydrogen-bond donors (Lipinski definition) is 2. The van der Waals surface area contributed by atoms with E-state index in [0.717, 1.165) is 68.6 Å². The molecule has 182 valence electrons. The van der Waals surface area contributed by atoms with Crippen molar-refractivity contribution in [2.45, 2.75) is 64.8 Å². The van der Waals surface area contributed by atoms with E-state index in [1.165, 1.54) is 29.5 Å². The summed E-state index contributed by atoms with van der Waals surface area (Å²) in [5, 5.41) is 6.88. The topological polar surface area (TPSA) is 70.7 Å². The Labute approximate surface area is 203 Å². The molecule has 2 aromatic rings. The summed E-state index contributed by atoms with van der Waals surface area (Å²) in [4.78, 5) is 26.6. The number of likely N-dealkylation sites (tertiary alicyclic amines) is 1. The van der Waals surface area contributed by atoms with Crippen molar-refractivity contribution in [3.05, 3.63) is 64.2 Å². The molecule has 2 aromatic carbocycles. The number of hydrogen-bond acceptors (Lipinski definition) is 4. The van der Waals surface area contributed by atoms with Gasteiger partial charge in [0.2, 0.25) is 0 Å². The molecule has 0 radical (unpaired) electrons. The van der Waals surface area contributed by atoms with Crippen molar-refractivity contribution >= 4 is 17.7 Å². The minimum Gasteiger partial charge on any atom is -0.450 e. The van der Waals surface area contributed by atoms with E-state index in [9.17, 15) is 9.59 Å². The number of carbonyl (C=O) groups excluding carboxylic acids is 2. The van der Waals surface area contributed by atoms with Gasteiger partial charge >= 0.3 is 6.09 Å². The van der Waals surface area contributed by atoms with E-state index in [1.807, 2.05) is 43.0 Å². The summed E-state index contributed by atoms with van der Waals surface area (Å²) < 4.78 is 5.11. The third-order valence-electron chi connectivity index (χ3n) is 7.12. The van der Waals surface area contributed by atoms with Gasteiger partial charge in [0.15, 0.2) is 0 Å². The molecule has 6 heteroatoms. The Morgan fingerprint density at radius 3 is 2.50 bits per heavy atom. The molecule has 1 heterocycles. The molecule has 0 bridgehead atoms. The van der Waals surface area contributed by atoms with E-state index in [1.54, 1.807) is 0 Å². The minimum atomic E-state index is -0.192. The normalized spacial score (nSPS) is 16.1. The molecule has 0 spiro atoms. The molecule has 0 atom stereocenters. The molecule has 2 amide bonds. The highest BCUT2D eigenvalue weighted by molar-refractivity contribution is 6.05. The fourth-order valence-electron chi connectivity index (χ4n) is 5.20. The van der Waals surface area contributed by atoms with Gasteiger partial charge < -0.3 is 20.3 Å². The molecule has 0 aromatic heterocycles. The Hall–Kier alpha value is -2.86. The Bertz CT molecular complexity index is 1010. The summed E-state index contributed by atoms with van der Waals surface area (Å²) in [5.74, 6) is -0.0329. The van der Waals surface area contributed by atoms with Crippen molar-refractivity contribution in [1.82, 2.24) is 10.2 Å². The Balaban J connectivity index is 1.35. The highest BCUT2D eigenvalue weighted by Crippen LogP contribution is 2.31. The first-order valence-electron chi connectivity index (χ1n) is 12.7. The van der Waals surface area contributed by atoms with Crippen LogP contribution < -0.4 is 10.6 Å². The van der Waals surface area contributed by atoms with Crippen molar-refractivity contribution in [2.75, 3.05) is 31.6 Å². The number of carbonyl (C=O) groups is 2. The zero-order chi connectivity index (χ0) is 23.9. The number of nitrogens with one attached hydrogen (secondary N) is 2. The predicted molar refractivity (Wildman–Crippen MR) is 136 cm³/mol. The average Bonchev–Trinajstić information content (AvgIpc) is 2.86. The molecule has 1 aliphatic carbocycles. The van der Waals surface area contributed by atoms with Crippen LogP contribution in [-0.4, -0.2) is 49.2 Å². The number of piperidine rings is 1. The predicted octanol–water partition coefficient (Wildman–Crippen LogP) is 4.88. The van der Waals surface area contributed by atoms with E-state index >= 15 is 0 Å². The number of rotatable bonds is 7. The van der Waals surface area contributed by atoms with Gasteiger partial charge in [-0.2, -0.15) is 0 Å². The van der Waals surface area contributed by atoms with Gasteiger partial charge in [-0.15, -0.1) is 0 Å². The van der Waals surface area contributed by atoms with Crippen molar-refractivity contribution in [3.8, 4) is 0 Å². The van der Waals surface area contributed by atoms with Gasteiger partial charge in [0, 0.05) is 30.4 Å². The second kappa shape index (κ2) is 11.5. The van der Waals surface area contributed by atoms with E-state index in [0.29, 0.717) is 12.6 Å². The zero-order valence-electron chi connectivity index (χ0n) is 20.5. The van der Waals surface area contributed by atoms with Gasteiger partial charge in [0.1, 0.15) is 0 Å². The maximum absolute atomic E-state index is 12.9. The van der Waals surface area contributed by atoms with Crippen molar-refractivity contribution in [2.24, 2.45) is 0 Å². The van der Waals surface area contributed by atoms with Crippen LogP contribution in [0.4, 0.5) is 10.5 Å². The summed E-state index contributed by atoms with van der Waals surface area (Å²) >= 11 is 0. The van der Waals surface area contributed by atoms with Gasteiger partial charge in [-0.05, 0) is 99.7 Å². The van der Waals surface area contributed by atoms with Crippen LogP contribution >= 0.6 is 0 Å². The maximum Gasteiger partial charge on any atom is 0.409 e. The van der Waals surface area contributed by atoms with Gasteiger partial charge in [-0.1, -0.05) is 24.3 Å². The first kappa shape index (κ1) is 24.3. The lowest BCUT2D eigenvalue weighted by molar-refractivity contribution is 0.0951. The van der Waals surface area contributed by atoms with Crippen LogP contribution in [0.2, 0.25) is 0 Å². The molecule has 1 saturated heterocycles. The second-order valence-corrected chi connectivity index (χ2v) is 9.37. The summed E-state index contributed by atoms with van der Waals surface area (Å²) in [6, 6.07) is 12.5. The van der Waals surface area contributed by atoms with Crippen LogP contribution in [0.3, 0.4) is 0 Å². The largest absolute Gasteiger partial charge is 0.450 e. The second-order valence-electron chi connectivity index (χ2n) is 9.37. The molecular formula is C28H37N3O3. The minimum absolute atomic E-state index is 0.0329. The number of benzene rings is 2. The molecule has 1 aliphatic heterocycles. The molecule has 34 heavy (non-hydrogen) atoms. The quantitative estimate of drug-likeness (QED) is 0.614. The fraction of sp³-hybridized carbons (Fsp3) is 0.500. The highest BCUT2D eigenvalue weighted by Gasteiger charge is 2.23. The Morgan fingerprint density at radius 2 is 1.76 bits per heavy atom. The molecule has 6 nitrogen and oxygen atoms in total. The van der Waals surface area contributed by atoms with E-state index in [-0.39, 0.29) is 12.0 Å². The molecule has 0 unspecified atom stereocenters. The fourth-order valence-corrected chi connectivity index (χ4v) is 5.20. The first-order chi connectivity index (χ1) is 16.6. The van der Waals surface area contributed by atoms with Gasteiger partial charge in [-0.3, -0.25) is 4.79 Å². The smallest absolute Gasteiger partial charge is 0.409 e. The summed E-state index contributed by atoms with van der Waals surface area (Å²) in [5.41, 5.74) is 6.81. The van der Waals surface area contributed by atoms with Crippen LogP contribution in [0.1, 0.15) is 65.2 Å². The number of fused-ring (bicyclic) bond motifs is 1. The number of nitrogens with zero attached hydrogens (tertiary/aromatic N) is 1. The van der Waals surface area contributed by atoms with Crippen LogP contribution in [-0.2, 0) is 24.0 Å². The highest BCUT2D eigenvalue weighted by atomic mass is 16.6. The molecule has 2 N–H and O–H groups in total. The molecular weight excluding hydrogens is 426 g/mol. The molecule has 4 rings (SSSR count). The van der Waals surface area contributed by atoms with Crippen LogP contribution in [0.15, 0.2) is 36.4 Å². The molecule has 0 saturated carbocycles. The SMILES string of the molecule is CCOC(=O)N1CCC(NCCc2ccc(NC(=O)c3ccccc3C)c3c2CCCC3)CC1. The first-order valence-corrected chi connectivity index (χ1v) is 12.7. The van der Waals surface area contributed by atoms with Gasteiger partial charge in [0.25, 0.3) is 5.91 Å².